The summed E-state index contributed by atoms with van der Waals surface area (Å²) in [5.41, 5.74) is 0.500. The van der Waals surface area contributed by atoms with E-state index in [2.05, 4.69) is 55.4 Å². The molecule has 0 rings (SSSR count). The van der Waals surface area contributed by atoms with Gasteiger partial charge in [0.15, 0.2) is 0 Å². The molecule has 0 heteroatoms. The van der Waals surface area contributed by atoms with Crippen molar-refractivity contribution in [2.75, 3.05) is 0 Å². The van der Waals surface area contributed by atoms with Gasteiger partial charge in [-0.3, -0.25) is 0 Å². The second-order valence-electron chi connectivity index (χ2n) is 6.53. The lowest BCUT2D eigenvalue weighted by atomic mass is 9.89. The van der Waals surface area contributed by atoms with E-state index in [0.717, 1.165) is 11.8 Å². The van der Waals surface area contributed by atoms with E-state index in [-0.39, 0.29) is 0 Å². The summed E-state index contributed by atoms with van der Waals surface area (Å²) in [7, 11) is 0. The molecule has 0 aromatic heterocycles. The summed E-state index contributed by atoms with van der Waals surface area (Å²) in [6.45, 7) is 22.1. The third-order valence-corrected chi connectivity index (χ3v) is 2.46. The molecule has 108 valence electrons. The van der Waals surface area contributed by atoms with Gasteiger partial charge in [0.25, 0.3) is 0 Å². The largest absolute Gasteiger partial charge is 0.0683 e. The quantitative estimate of drug-likeness (QED) is 0.491. The molecule has 0 fully saturated rings. The summed E-state index contributed by atoms with van der Waals surface area (Å²) >= 11 is 0. The van der Waals surface area contributed by atoms with Crippen molar-refractivity contribution in [1.29, 1.82) is 0 Å². The molecule has 0 aliphatic rings. The van der Waals surface area contributed by atoms with Gasteiger partial charge in [-0.15, -0.1) is 0 Å². The smallest absolute Gasteiger partial charge is 0.0411 e. The molecule has 0 nitrogen and oxygen atoms in total. The summed E-state index contributed by atoms with van der Waals surface area (Å²) in [5.74, 6) is 1.87. The number of hydrogen-bond acceptors (Lipinski definition) is 0. The molecule has 0 aliphatic heterocycles. The molecule has 0 saturated carbocycles. The van der Waals surface area contributed by atoms with E-state index >= 15 is 0 Å². The van der Waals surface area contributed by atoms with Crippen LogP contribution in [-0.2, 0) is 0 Å². The lowest BCUT2D eigenvalue weighted by Gasteiger charge is -2.17. The molecule has 17 heavy (non-hydrogen) atoms. The van der Waals surface area contributed by atoms with E-state index in [9.17, 15) is 0 Å². The molecular weight excluding hydrogens is 204 g/mol. The van der Waals surface area contributed by atoms with E-state index in [4.69, 9.17) is 0 Å². The van der Waals surface area contributed by atoms with Crippen LogP contribution in [0.15, 0.2) is 0 Å². The highest BCUT2D eigenvalue weighted by atomic mass is 14.1. The Balaban J connectivity index is -0.000000236. The maximum absolute atomic E-state index is 2.38. The Hall–Kier alpha value is 0. The second kappa shape index (κ2) is 14.1. The molecule has 0 saturated heterocycles. The van der Waals surface area contributed by atoms with Crippen molar-refractivity contribution in [1.82, 2.24) is 0 Å². The Labute approximate surface area is 113 Å². The molecule has 0 N–H and O–H groups in total. The van der Waals surface area contributed by atoms with Crippen LogP contribution >= 0.6 is 0 Å². The van der Waals surface area contributed by atoms with Crippen LogP contribution in [-0.4, -0.2) is 0 Å². The summed E-state index contributed by atoms with van der Waals surface area (Å²) in [6.07, 6.45) is 5.49. The Morgan fingerprint density at radius 3 is 1.00 bits per heavy atom. The molecule has 2 unspecified atom stereocenters. The maximum Gasteiger partial charge on any atom is -0.0411 e. The number of hydrogen-bond donors (Lipinski definition) is 0. The summed E-state index contributed by atoms with van der Waals surface area (Å²) in [5, 5.41) is 0. The summed E-state index contributed by atoms with van der Waals surface area (Å²) < 4.78 is 0. The van der Waals surface area contributed by atoms with Crippen LogP contribution < -0.4 is 0 Å². The number of rotatable bonds is 5. The minimum atomic E-state index is 0.500. The Kier molecular flexibility index (Phi) is 18.4. The molecular formula is C17H40. The monoisotopic (exact) mass is 244 g/mol. The normalized spacial score (nSPS) is 13.8. The highest BCUT2D eigenvalue weighted by Crippen LogP contribution is 2.20. The fraction of sp³-hybridized carbons (Fsp3) is 1.00. The van der Waals surface area contributed by atoms with E-state index in [0.29, 0.717) is 5.41 Å². The maximum atomic E-state index is 2.38. The van der Waals surface area contributed by atoms with Crippen LogP contribution in [0, 0.1) is 17.3 Å². The molecule has 0 spiro atoms. The Morgan fingerprint density at radius 2 is 0.882 bits per heavy atom. The molecule has 0 radical (unpaired) electrons. The minimum absolute atomic E-state index is 0.500. The van der Waals surface area contributed by atoms with Crippen LogP contribution in [0.3, 0.4) is 0 Å². The van der Waals surface area contributed by atoms with Gasteiger partial charge in [-0.05, 0) is 17.3 Å². The zero-order chi connectivity index (χ0) is 14.5. The van der Waals surface area contributed by atoms with Crippen LogP contribution in [0.25, 0.3) is 0 Å². The fourth-order valence-corrected chi connectivity index (χ4v) is 1.48. The third-order valence-electron chi connectivity index (χ3n) is 2.46. The van der Waals surface area contributed by atoms with Gasteiger partial charge in [0.05, 0.1) is 0 Å². The van der Waals surface area contributed by atoms with Gasteiger partial charge in [0.2, 0.25) is 0 Å². The van der Waals surface area contributed by atoms with E-state index in [1.54, 1.807) is 0 Å². The van der Waals surface area contributed by atoms with Crippen molar-refractivity contribution in [3.8, 4) is 0 Å². The van der Waals surface area contributed by atoms with E-state index in [1.807, 2.05) is 13.8 Å². The highest BCUT2D eigenvalue weighted by molar-refractivity contribution is 4.60. The van der Waals surface area contributed by atoms with Crippen molar-refractivity contribution >= 4 is 0 Å². The fourth-order valence-electron chi connectivity index (χ4n) is 1.48. The van der Waals surface area contributed by atoms with Crippen molar-refractivity contribution in [3.05, 3.63) is 0 Å². The molecule has 0 amide bonds. The molecule has 0 aromatic carbocycles. The van der Waals surface area contributed by atoms with Gasteiger partial charge in [0.1, 0.15) is 0 Å². The first kappa shape index (κ1) is 22.2. The van der Waals surface area contributed by atoms with Crippen LogP contribution in [0.5, 0.6) is 0 Å². The van der Waals surface area contributed by atoms with Crippen LogP contribution in [0.1, 0.15) is 94.9 Å². The standard InChI is InChI=1S/C10H22.C5H12.C2H6/c1-5-7-9(3)10(4)8-6-2;1-5(2,3)4;1-2/h9-10H,5-8H2,1-4H3;1-4H3;1-2H3. The van der Waals surface area contributed by atoms with Crippen molar-refractivity contribution in [3.63, 3.8) is 0 Å². The van der Waals surface area contributed by atoms with Gasteiger partial charge in [-0.2, -0.15) is 0 Å². The first-order chi connectivity index (χ1) is 7.72. The average Bonchev–Trinajstić information content (AvgIpc) is 2.19. The topological polar surface area (TPSA) is 0 Å². The minimum Gasteiger partial charge on any atom is -0.0683 e. The van der Waals surface area contributed by atoms with Gasteiger partial charge in [-0.25, -0.2) is 0 Å². The summed E-state index contributed by atoms with van der Waals surface area (Å²) in [4.78, 5) is 0. The van der Waals surface area contributed by atoms with Crippen molar-refractivity contribution < 1.29 is 0 Å². The zero-order valence-electron chi connectivity index (χ0n) is 14.5. The molecule has 0 bridgehead atoms. The zero-order valence-corrected chi connectivity index (χ0v) is 14.5. The van der Waals surface area contributed by atoms with Crippen molar-refractivity contribution in [2.24, 2.45) is 17.3 Å². The summed E-state index contributed by atoms with van der Waals surface area (Å²) in [6, 6.07) is 0. The second-order valence-corrected chi connectivity index (χ2v) is 6.53. The van der Waals surface area contributed by atoms with Gasteiger partial charge >= 0.3 is 0 Å². The molecule has 2 atom stereocenters. The van der Waals surface area contributed by atoms with Gasteiger partial charge < -0.3 is 0 Å². The predicted molar refractivity (Wildman–Crippen MR) is 84.6 cm³/mol. The highest BCUT2D eigenvalue weighted by Gasteiger charge is 2.08. The van der Waals surface area contributed by atoms with Gasteiger partial charge in [-0.1, -0.05) is 94.9 Å². The third kappa shape index (κ3) is 31.4. The molecule has 0 heterocycles. The van der Waals surface area contributed by atoms with E-state index < -0.39 is 0 Å². The molecule has 0 aromatic rings. The lowest BCUT2D eigenvalue weighted by molar-refractivity contribution is 0.339. The van der Waals surface area contributed by atoms with Crippen LogP contribution in [0.4, 0.5) is 0 Å². The first-order valence-electron chi connectivity index (χ1n) is 7.72. The average molecular weight is 245 g/mol. The van der Waals surface area contributed by atoms with Crippen molar-refractivity contribution in [2.45, 2.75) is 94.9 Å². The van der Waals surface area contributed by atoms with Crippen LogP contribution in [0.2, 0.25) is 0 Å². The Bertz CT molecular complexity index is 102. The lowest BCUT2D eigenvalue weighted by Crippen LogP contribution is -2.06. The predicted octanol–water partition coefficient (Wildman–Crippen LogP) is 6.94. The molecule has 0 aliphatic carbocycles. The Morgan fingerprint density at radius 1 is 0.706 bits per heavy atom. The van der Waals surface area contributed by atoms with E-state index in [1.165, 1.54) is 25.7 Å². The van der Waals surface area contributed by atoms with Gasteiger partial charge in [0, 0.05) is 0 Å². The first-order valence-corrected chi connectivity index (χ1v) is 7.72. The SMILES string of the molecule is CC.CC(C)(C)C.CCCC(C)C(C)CCC.